The van der Waals surface area contributed by atoms with E-state index in [1.54, 1.807) is 50.9 Å². The summed E-state index contributed by atoms with van der Waals surface area (Å²) in [6.45, 7) is 0.291. The molecule has 0 bridgehead atoms. The summed E-state index contributed by atoms with van der Waals surface area (Å²) in [4.78, 5) is 13.1. The van der Waals surface area contributed by atoms with Crippen LogP contribution in [-0.2, 0) is 12.3 Å². The Morgan fingerprint density at radius 3 is 2.69 bits per heavy atom. The van der Waals surface area contributed by atoms with Crippen molar-refractivity contribution in [3.05, 3.63) is 72.1 Å². The first-order chi connectivity index (χ1) is 15.7. The van der Waals surface area contributed by atoms with E-state index >= 15 is 0 Å². The molecule has 0 aliphatic carbocycles. The molecule has 32 heavy (non-hydrogen) atoms. The standard InChI is InChI=1S/C22H20FN5O3S/c1-29-17-9-5-7-15(19(17)30-2)20-27-18(31-28-20)13-32-22-21(24-10-11-25-22)26-12-14-6-3-4-8-16(14)23/h3-11H,12-13H2,1-2H3,(H,24,26). The first-order valence-corrected chi connectivity index (χ1v) is 10.6. The van der Waals surface area contributed by atoms with Gasteiger partial charge in [0.15, 0.2) is 17.3 Å². The van der Waals surface area contributed by atoms with Gasteiger partial charge in [-0.05, 0) is 18.2 Å². The van der Waals surface area contributed by atoms with Crippen LogP contribution in [0.2, 0.25) is 0 Å². The van der Waals surface area contributed by atoms with Crippen LogP contribution in [0.1, 0.15) is 11.5 Å². The van der Waals surface area contributed by atoms with Crippen LogP contribution >= 0.6 is 11.8 Å². The van der Waals surface area contributed by atoms with E-state index in [4.69, 9.17) is 14.0 Å². The maximum Gasteiger partial charge on any atom is 0.237 e. The summed E-state index contributed by atoms with van der Waals surface area (Å²) in [6, 6.07) is 12.0. The number of ether oxygens (including phenoxy) is 2. The highest BCUT2D eigenvalue weighted by Crippen LogP contribution is 2.36. The smallest absolute Gasteiger partial charge is 0.237 e. The van der Waals surface area contributed by atoms with Crippen LogP contribution < -0.4 is 14.8 Å². The molecular formula is C22H20FN5O3S. The summed E-state index contributed by atoms with van der Waals surface area (Å²) in [5.41, 5.74) is 1.21. The molecule has 0 fully saturated rings. The second-order valence-electron chi connectivity index (χ2n) is 6.50. The van der Waals surface area contributed by atoms with Crippen LogP contribution in [-0.4, -0.2) is 34.3 Å². The third kappa shape index (κ3) is 4.80. The Hall–Kier alpha value is -3.66. The zero-order valence-electron chi connectivity index (χ0n) is 17.4. The van der Waals surface area contributed by atoms with E-state index in [2.05, 4.69) is 25.4 Å². The summed E-state index contributed by atoms with van der Waals surface area (Å²) in [6.07, 6.45) is 3.17. The lowest BCUT2D eigenvalue weighted by Gasteiger charge is -2.10. The molecule has 0 unspecified atom stereocenters. The average Bonchev–Trinajstić information content (AvgIpc) is 3.31. The number of thioether (sulfide) groups is 1. The van der Waals surface area contributed by atoms with Gasteiger partial charge in [-0.25, -0.2) is 14.4 Å². The first kappa shape index (κ1) is 21.6. The Kier molecular flexibility index (Phi) is 6.81. The number of anilines is 1. The lowest BCUT2D eigenvalue weighted by molar-refractivity contribution is 0.355. The molecule has 4 aromatic rings. The zero-order valence-corrected chi connectivity index (χ0v) is 18.2. The molecular weight excluding hydrogens is 433 g/mol. The van der Waals surface area contributed by atoms with Crippen molar-refractivity contribution in [2.75, 3.05) is 19.5 Å². The van der Waals surface area contributed by atoms with Crippen molar-refractivity contribution >= 4 is 17.6 Å². The van der Waals surface area contributed by atoms with Crippen LogP contribution in [0, 0.1) is 5.82 Å². The number of rotatable bonds is 9. The van der Waals surface area contributed by atoms with Crippen LogP contribution in [0.25, 0.3) is 11.4 Å². The van der Waals surface area contributed by atoms with E-state index in [0.717, 1.165) is 0 Å². The summed E-state index contributed by atoms with van der Waals surface area (Å²) < 4.78 is 30.1. The van der Waals surface area contributed by atoms with Crippen molar-refractivity contribution in [1.82, 2.24) is 20.1 Å². The minimum absolute atomic E-state index is 0.274. The van der Waals surface area contributed by atoms with Crippen LogP contribution in [0.5, 0.6) is 11.5 Å². The molecule has 2 aromatic heterocycles. The summed E-state index contributed by atoms with van der Waals surface area (Å²) in [5.74, 6) is 2.58. The Balaban J connectivity index is 1.46. The molecule has 2 aromatic carbocycles. The highest BCUT2D eigenvalue weighted by Gasteiger charge is 2.17. The van der Waals surface area contributed by atoms with Gasteiger partial charge in [-0.1, -0.05) is 41.2 Å². The van der Waals surface area contributed by atoms with Gasteiger partial charge < -0.3 is 19.3 Å². The van der Waals surface area contributed by atoms with E-state index in [1.807, 2.05) is 12.1 Å². The van der Waals surface area contributed by atoms with Crippen molar-refractivity contribution in [2.24, 2.45) is 0 Å². The molecule has 0 atom stereocenters. The third-order valence-electron chi connectivity index (χ3n) is 4.51. The number of hydrogen-bond donors (Lipinski definition) is 1. The molecule has 0 radical (unpaired) electrons. The number of methoxy groups -OCH3 is 2. The van der Waals surface area contributed by atoms with E-state index in [0.29, 0.717) is 57.5 Å². The summed E-state index contributed by atoms with van der Waals surface area (Å²) in [5, 5.41) is 7.84. The first-order valence-electron chi connectivity index (χ1n) is 9.64. The summed E-state index contributed by atoms with van der Waals surface area (Å²) in [7, 11) is 3.13. The fourth-order valence-corrected chi connectivity index (χ4v) is 3.76. The van der Waals surface area contributed by atoms with Crippen LogP contribution in [0.4, 0.5) is 10.2 Å². The van der Waals surface area contributed by atoms with Crippen LogP contribution in [0.15, 0.2) is 64.4 Å². The zero-order chi connectivity index (χ0) is 22.3. The maximum atomic E-state index is 13.9. The van der Waals surface area contributed by atoms with E-state index in [1.165, 1.54) is 17.8 Å². The number of nitrogens with zero attached hydrogens (tertiary/aromatic N) is 4. The number of para-hydroxylation sites is 1. The molecule has 8 nitrogen and oxygen atoms in total. The second kappa shape index (κ2) is 10.1. The van der Waals surface area contributed by atoms with Crippen molar-refractivity contribution in [3.63, 3.8) is 0 Å². The minimum atomic E-state index is -0.274. The predicted molar refractivity (Wildman–Crippen MR) is 118 cm³/mol. The minimum Gasteiger partial charge on any atom is -0.493 e. The third-order valence-corrected chi connectivity index (χ3v) is 5.48. The molecule has 2 heterocycles. The predicted octanol–water partition coefficient (Wildman–Crippen LogP) is 4.59. The number of hydrogen-bond acceptors (Lipinski definition) is 9. The van der Waals surface area contributed by atoms with Gasteiger partial charge in [0.1, 0.15) is 10.8 Å². The Morgan fingerprint density at radius 1 is 1.03 bits per heavy atom. The average molecular weight is 453 g/mol. The van der Waals surface area contributed by atoms with Gasteiger partial charge in [0.25, 0.3) is 0 Å². The highest BCUT2D eigenvalue weighted by atomic mass is 32.2. The van der Waals surface area contributed by atoms with Gasteiger partial charge in [-0.2, -0.15) is 4.98 Å². The number of nitrogens with one attached hydrogen (secondary N) is 1. The Morgan fingerprint density at radius 2 is 1.88 bits per heavy atom. The number of aromatic nitrogens is 4. The van der Waals surface area contributed by atoms with Crippen LogP contribution in [0.3, 0.4) is 0 Å². The van der Waals surface area contributed by atoms with E-state index in [-0.39, 0.29) is 5.82 Å². The quantitative estimate of drug-likeness (QED) is 0.365. The van der Waals surface area contributed by atoms with Gasteiger partial charge >= 0.3 is 0 Å². The topological polar surface area (TPSA) is 95.2 Å². The van der Waals surface area contributed by atoms with Gasteiger partial charge in [0.05, 0.1) is 25.5 Å². The SMILES string of the molecule is COc1cccc(-c2noc(CSc3nccnc3NCc3ccccc3F)n2)c1OC. The highest BCUT2D eigenvalue weighted by molar-refractivity contribution is 7.98. The normalized spacial score (nSPS) is 10.7. The fraction of sp³-hybridized carbons (Fsp3) is 0.182. The van der Waals surface area contributed by atoms with E-state index < -0.39 is 0 Å². The van der Waals surface area contributed by atoms with E-state index in [9.17, 15) is 4.39 Å². The molecule has 0 saturated carbocycles. The van der Waals surface area contributed by atoms with Crippen molar-refractivity contribution in [1.29, 1.82) is 0 Å². The largest absolute Gasteiger partial charge is 0.493 e. The maximum absolute atomic E-state index is 13.9. The second-order valence-corrected chi connectivity index (χ2v) is 7.46. The molecule has 4 rings (SSSR count). The molecule has 0 spiro atoms. The lowest BCUT2D eigenvalue weighted by atomic mass is 10.2. The van der Waals surface area contributed by atoms with Crippen molar-refractivity contribution in [2.45, 2.75) is 17.3 Å². The Labute approximate surface area is 188 Å². The fourth-order valence-electron chi connectivity index (χ4n) is 2.99. The molecule has 164 valence electrons. The molecule has 0 aliphatic heterocycles. The Bertz CT molecular complexity index is 1200. The van der Waals surface area contributed by atoms with Gasteiger partial charge in [0, 0.05) is 24.5 Å². The van der Waals surface area contributed by atoms with Gasteiger partial charge in [-0.15, -0.1) is 0 Å². The van der Waals surface area contributed by atoms with Crippen molar-refractivity contribution in [3.8, 4) is 22.9 Å². The molecule has 0 saturated heterocycles. The van der Waals surface area contributed by atoms with Gasteiger partial charge in [-0.3, -0.25) is 0 Å². The van der Waals surface area contributed by atoms with Gasteiger partial charge in [0.2, 0.25) is 11.7 Å². The van der Waals surface area contributed by atoms with Crippen molar-refractivity contribution < 1.29 is 18.4 Å². The molecule has 1 N–H and O–H groups in total. The number of benzene rings is 2. The molecule has 0 aliphatic rings. The molecule has 0 amide bonds. The number of halogens is 1. The molecule has 10 heteroatoms. The lowest BCUT2D eigenvalue weighted by Crippen LogP contribution is -2.05. The monoisotopic (exact) mass is 453 g/mol. The summed E-state index contributed by atoms with van der Waals surface area (Å²) >= 11 is 1.38.